The molecule has 1 saturated heterocycles. The van der Waals surface area contributed by atoms with Crippen molar-refractivity contribution in [1.82, 2.24) is 14.3 Å². The minimum absolute atomic E-state index is 0.0447. The first-order chi connectivity index (χ1) is 10.5. The summed E-state index contributed by atoms with van der Waals surface area (Å²) < 4.78 is 63.2. The molecule has 0 amide bonds. The van der Waals surface area contributed by atoms with Gasteiger partial charge >= 0.3 is 6.18 Å². The maximum absolute atomic E-state index is 13.0. The fourth-order valence-electron chi connectivity index (χ4n) is 2.16. The second kappa shape index (κ2) is 6.11. The topological polar surface area (TPSA) is 69.6 Å². The van der Waals surface area contributed by atoms with Crippen LogP contribution in [-0.4, -0.2) is 69.2 Å². The summed E-state index contributed by atoms with van der Waals surface area (Å²) in [5.74, 6) is 0.101. The Labute approximate surface area is 132 Å². The lowest BCUT2D eigenvalue weighted by molar-refractivity contribution is -0.141. The van der Waals surface area contributed by atoms with E-state index in [4.69, 9.17) is 0 Å². The number of anilines is 2. The van der Waals surface area contributed by atoms with Crippen LogP contribution in [0.3, 0.4) is 0 Å². The van der Waals surface area contributed by atoms with Crippen molar-refractivity contribution in [3.05, 3.63) is 11.8 Å². The highest BCUT2D eigenvalue weighted by molar-refractivity contribution is 7.88. The van der Waals surface area contributed by atoms with Gasteiger partial charge in [-0.05, 0) is 0 Å². The summed E-state index contributed by atoms with van der Waals surface area (Å²) in [5, 5.41) is 0. The molecule has 130 valence electrons. The highest BCUT2D eigenvalue weighted by atomic mass is 32.2. The van der Waals surface area contributed by atoms with Crippen molar-refractivity contribution in [3.8, 4) is 0 Å². The molecule has 1 aliphatic rings. The molecule has 0 unspecified atom stereocenters. The quantitative estimate of drug-likeness (QED) is 0.795. The van der Waals surface area contributed by atoms with Gasteiger partial charge in [-0.3, -0.25) is 0 Å². The van der Waals surface area contributed by atoms with Gasteiger partial charge in [0.1, 0.15) is 5.82 Å². The van der Waals surface area contributed by atoms with Gasteiger partial charge in [-0.25, -0.2) is 13.4 Å². The molecule has 2 heterocycles. The van der Waals surface area contributed by atoms with Crippen molar-refractivity contribution >= 4 is 21.8 Å². The summed E-state index contributed by atoms with van der Waals surface area (Å²) in [5.41, 5.74) is -1.02. The normalized spacial score (nSPS) is 17.4. The summed E-state index contributed by atoms with van der Waals surface area (Å²) in [7, 11) is -0.125. The van der Waals surface area contributed by atoms with Crippen LogP contribution in [0.15, 0.2) is 6.07 Å². The van der Waals surface area contributed by atoms with Gasteiger partial charge in [0, 0.05) is 46.3 Å². The Morgan fingerprint density at radius 2 is 1.70 bits per heavy atom. The van der Waals surface area contributed by atoms with E-state index in [1.54, 1.807) is 19.0 Å². The van der Waals surface area contributed by atoms with Crippen molar-refractivity contribution < 1.29 is 21.6 Å². The Balaban J connectivity index is 2.28. The van der Waals surface area contributed by atoms with Crippen molar-refractivity contribution in [2.24, 2.45) is 0 Å². The van der Waals surface area contributed by atoms with E-state index in [1.165, 1.54) is 9.21 Å². The Kier molecular flexibility index (Phi) is 4.71. The molecule has 1 aliphatic heterocycles. The first-order valence-corrected chi connectivity index (χ1v) is 8.67. The number of nitrogens with zero attached hydrogens (tertiary/aromatic N) is 5. The van der Waals surface area contributed by atoms with Gasteiger partial charge in [-0.15, -0.1) is 0 Å². The zero-order valence-electron chi connectivity index (χ0n) is 13.0. The summed E-state index contributed by atoms with van der Waals surface area (Å²) in [6.45, 7) is 0.855. The largest absolute Gasteiger partial charge is 0.433 e. The molecule has 0 bridgehead atoms. The zero-order chi connectivity index (χ0) is 17.4. The van der Waals surface area contributed by atoms with Gasteiger partial charge in [-0.2, -0.15) is 22.5 Å². The Hall–Kier alpha value is -1.62. The molecule has 0 saturated carbocycles. The Bertz CT molecular complexity index is 670. The molecule has 11 heteroatoms. The van der Waals surface area contributed by atoms with Gasteiger partial charge < -0.3 is 9.80 Å². The van der Waals surface area contributed by atoms with Crippen LogP contribution in [0.2, 0.25) is 0 Å². The molecule has 0 N–H and O–H groups in total. The van der Waals surface area contributed by atoms with Crippen LogP contribution in [0.25, 0.3) is 0 Å². The SMILES string of the molecule is CN(C)c1cc(C(F)(F)F)nc(N2CCN(S(C)(=O)=O)CC2)n1. The highest BCUT2D eigenvalue weighted by Crippen LogP contribution is 2.31. The molecule has 0 spiro atoms. The summed E-state index contributed by atoms with van der Waals surface area (Å²) in [4.78, 5) is 10.7. The van der Waals surface area contributed by atoms with Crippen LogP contribution in [-0.2, 0) is 16.2 Å². The van der Waals surface area contributed by atoms with Gasteiger partial charge in [0.05, 0.1) is 6.26 Å². The van der Waals surface area contributed by atoms with Crippen LogP contribution in [0, 0.1) is 0 Å². The zero-order valence-corrected chi connectivity index (χ0v) is 13.8. The number of aromatic nitrogens is 2. The number of halogens is 3. The minimum Gasteiger partial charge on any atom is -0.363 e. The number of sulfonamides is 1. The molecule has 1 aromatic rings. The lowest BCUT2D eigenvalue weighted by Crippen LogP contribution is -2.49. The number of alkyl halides is 3. The van der Waals surface area contributed by atoms with Gasteiger partial charge in [0.2, 0.25) is 16.0 Å². The van der Waals surface area contributed by atoms with Crippen molar-refractivity contribution in [2.45, 2.75) is 6.18 Å². The number of hydrogen-bond donors (Lipinski definition) is 0. The van der Waals surface area contributed by atoms with E-state index in [-0.39, 0.29) is 37.9 Å². The van der Waals surface area contributed by atoms with E-state index in [2.05, 4.69) is 9.97 Å². The summed E-state index contributed by atoms with van der Waals surface area (Å²) in [6.07, 6.45) is -3.47. The minimum atomic E-state index is -4.57. The molecular weight excluding hydrogens is 335 g/mol. The fourth-order valence-corrected chi connectivity index (χ4v) is 2.98. The van der Waals surface area contributed by atoms with Gasteiger partial charge in [0.15, 0.2) is 5.69 Å². The number of rotatable bonds is 3. The van der Waals surface area contributed by atoms with Gasteiger partial charge in [0.25, 0.3) is 0 Å². The monoisotopic (exact) mass is 353 g/mol. The van der Waals surface area contributed by atoms with Crippen molar-refractivity contribution in [2.75, 3.05) is 56.3 Å². The molecule has 0 atom stereocenters. The van der Waals surface area contributed by atoms with E-state index < -0.39 is 21.9 Å². The van der Waals surface area contributed by atoms with E-state index in [0.29, 0.717) is 0 Å². The van der Waals surface area contributed by atoms with E-state index >= 15 is 0 Å². The molecule has 1 aromatic heterocycles. The van der Waals surface area contributed by atoms with Crippen molar-refractivity contribution in [3.63, 3.8) is 0 Å². The molecule has 0 radical (unpaired) electrons. The lowest BCUT2D eigenvalue weighted by atomic mass is 10.3. The molecule has 1 fully saturated rings. The molecule has 7 nitrogen and oxygen atoms in total. The molecule has 23 heavy (non-hydrogen) atoms. The third-order valence-electron chi connectivity index (χ3n) is 3.44. The third kappa shape index (κ3) is 4.22. The molecule has 2 rings (SSSR count). The Morgan fingerprint density at radius 1 is 1.13 bits per heavy atom. The second-order valence-electron chi connectivity index (χ2n) is 5.45. The Morgan fingerprint density at radius 3 is 2.13 bits per heavy atom. The predicted octanol–water partition coefficient (Wildman–Crippen LogP) is 0.643. The van der Waals surface area contributed by atoms with Crippen LogP contribution >= 0.6 is 0 Å². The second-order valence-corrected chi connectivity index (χ2v) is 7.44. The maximum Gasteiger partial charge on any atom is 0.433 e. The lowest BCUT2D eigenvalue weighted by Gasteiger charge is -2.33. The predicted molar refractivity (Wildman–Crippen MR) is 80.0 cm³/mol. The fraction of sp³-hybridized carbons (Fsp3) is 0.667. The van der Waals surface area contributed by atoms with Crippen LogP contribution in [0.5, 0.6) is 0 Å². The standard InChI is InChI=1S/C12H18F3N5O2S/c1-18(2)10-8-9(12(13,14)15)16-11(17-10)19-4-6-20(7-5-19)23(3,21)22/h8H,4-7H2,1-3H3. The van der Waals surface area contributed by atoms with Gasteiger partial charge in [-0.1, -0.05) is 0 Å². The first-order valence-electron chi connectivity index (χ1n) is 6.82. The molecule has 0 aromatic carbocycles. The van der Waals surface area contributed by atoms with E-state index in [0.717, 1.165) is 12.3 Å². The highest BCUT2D eigenvalue weighted by Gasteiger charge is 2.35. The summed E-state index contributed by atoms with van der Waals surface area (Å²) in [6, 6.07) is 0.885. The first kappa shape index (κ1) is 17.7. The van der Waals surface area contributed by atoms with E-state index in [1.807, 2.05) is 0 Å². The summed E-state index contributed by atoms with van der Waals surface area (Å²) >= 11 is 0. The smallest absolute Gasteiger partial charge is 0.363 e. The third-order valence-corrected chi connectivity index (χ3v) is 4.74. The van der Waals surface area contributed by atoms with Crippen LogP contribution < -0.4 is 9.80 Å². The number of hydrogen-bond acceptors (Lipinski definition) is 6. The molecular formula is C12H18F3N5O2S. The molecule has 0 aliphatic carbocycles. The average Bonchev–Trinajstić information content (AvgIpc) is 2.45. The van der Waals surface area contributed by atoms with E-state index in [9.17, 15) is 21.6 Å². The van der Waals surface area contributed by atoms with Crippen LogP contribution in [0.1, 0.15) is 5.69 Å². The average molecular weight is 353 g/mol. The number of piperazine rings is 1. The maximum atomic E-state index is 13.0. The van der Waals surface area contributed by atoms with Crippen molar-refractivity contribution in [1.29, 1.82) is 0 Å². The van der Waals surface area contributed by atoms with Crippen LogP contribution in [0.4, 0.5) is 24.9 Å².